The topological polar surface area (TPSA) is 53.6 Å². The van der Waals surface area contributed by atoms with Crippen LogP contribution in [-0.4, -0.2) is 50.3 Å². The van der Waals surface area contributed by atoms with Crippen molar-refractivity contribution in [2.24, 2.45) is 5.92 Å². The van der Waals surface area contributed by atoms with Gasteiger partial charge >= 0.3 is 6.03 Å². The zero-order valence-corrected chi connectivity index (χ0v) is 14.4. The quantitative estimate of drug-likeness (QED) is 0.839. The third-order valence-electron chi connectivity index (χ3n) is 4.82. The first-order valence-corrected chi connectivity index (χ1v) is 9.59. The van der Waals surface area contributed by atoms with Crippen LogP contribution in [0.1, 0.15) is 36.6 Å². The average molecular weight is 337 g/mol. The molecule has 23 heavy (non-hydrogen) atoms. The van der Waals surface area contributed by atoms with E-state index in [1.165, 1.54) is 30.6 Å². The Morgan fingerprint density at radius 2 is 2.13 bits per heavy atom. The number of ether oxygens (including phenoxy) is 1. The lowest BCUT2D eigenvalue weighted by Crippen LogP contribution is -2.45. The summed E-state index contributed by atoms with van der Waals surface area (Å²) in [5, 5.41) is 8.33. The van der Waals surface area contributed by atoms with Crippen LogP contribution in [-0.2, 0) is 4.74 Å². The molecule has 6 heteroatoms. The van der Waals surface area contributed by atoms with E-state index in [1.807, 2.05) is 0 Å². The SMILES string of the molecule is O=C(NCCN1CCOCC1)N[C@H](c1cccs1)C1CCCC1. The number of nitrogens with zero attached hydrogens (tertiary/aromatic N) is 1. The molecular formula is C17H27N3O2S. The Morgan fingerprint density at radius 1 is 1.35 bits per heavy atom. The minimum Gasteiger partial charge on any atom is -0.379 e. The molecule has 1 aromatic rings. The summed E-state index contributed by atoms with van der Waals surface area (Å²) in [4.78, 5) is 15.9. The maximum Gasteiger partial charge on any atom is 0.315 e. The molecule has 0 unspecified atom stereocenters. The second-order valence-electron chi connectivity index (χ2n) is 6.39. The highest BCUT2D eigenvalue weighted by molar-refractivity contribution is 7.10. The van der Waals surface area contributed by atoms with Gasteiger partial charge in [-0.05, 0) is 30.2 Å². The van der Waals surface area contributed by atoms with Crippen LogP contribution in [0.4, 0.5) is 4.79 Å². The monoisotopic (exact) mass is 337 g/mol. The number of morpholine rings is 1. The first kappa shape index (κ1) is 16.7. The van der Waals surface area contributed by atoms with Gasteiger partial charge in [-0.25, -0.2) is 4.79 Å². The number of thiophene rings is 1. The van der Waals surface area contributed by atoms with E-state index in [0.717, 1.165) is 32.8 Å². The Kier molecular flexibility index (Phi) is 6.30. The molecule has 2 fully saturated rings. The number of rotatable bonds is 6. The Bertz CT molecular complexity index is 468. The van der Waals surface area contributed by atoms with Gasteiger partial charge in [0.1, 0.15) is 0 Å². The number of carbonyl (C=O) groups is 1. The molecule has 0 bridgehead atoms. The smallest absolute Gasteiger partial charge is 0.315 e. The fraction of sp³-hybridized carbons (Fsp3) is 0.706. The molecule has 5 nitrogen and oxygen atoms in total. The molecule has 0 aromatic carbocycles. The summed E-state index contributed by atoms with van der Waals surface area (Å²) in [7, 11) is 0. The third-order valence-corrected chi connectivity index (χ3v) is 5.78. The van der Waals surface area contributed by atoms with Crippen molar-refractivity contribution in [2.45, 2.75) is 31.7 Å². The fourth-order valence-corrected chi connectivity index (χ4v) is 4.39. The van der Waals surface area contributed by atoms with Crippen molar-refractivity contribution < 1.29 is 9.53 Å². The van der Waals surface area contributed by atoms with Crippen LogP contribution in [0.3, 0.4) is 0 Å². The van der Waals surface area contributed by atoms with Crippen LogP contribution >= 0.6 is 11.3 Å². The van der Waals surface area contributed by atoms with E-state index in [9.17, 15) is 4.79 Å². The number of hydrogen-bond acceptors (Lipinski definition) is 4. The highest BCUT2D eigenvalue weighted by Gasteiger charge is 2.28. The zero-order valence-electron chi connectivity index (χ0n) is 13.6. The van der Waals surface area contributed by atoms with Crippen LogP contribution in [0.2, 0.25) is 0 Å². The fourth-order valence-electron chi connectivity index (χ4n) is 3.52. The van der Waals surface area contributed by atoms with E-state index < -0.39 is 0 Å². The van der Waals surface area contributed by atoms with Crippen molar-refractivity contribution >= 4 is 17.4 Å². The molecule has 128 valence electrons. The first-order chi connectivity index (χ1) is 11.3. The number of hydrogen-bond donors (Lipinski definition) is 2. The summed E-state index contributed by atoms with van der Waals surface area (Å²) in [5.41, 5.74) is 0. The molecule has 3 rings (SSSR count). The van der Waals surface area contributed by atoms with Gasteiger partial charge in [0.25, 0.3) is 0 Å². The molecule has 2 aliphatic rings. The molecule has 2 N–H and O–H groups in total. The van der Waals surface area contributed by atoms with Crippen molar-refractivity contribution in [3.05, 3.63) is 22.4 Å². The Hall–Kier alpha value is -1.11. The predicted molar refractivity (Wildman–Crippen MR) is 92.8 cm³/mol. The van der Waals surface area contributed by atoms with Crippen molar-refractivity contribution in [3.63, 3.8) is 0 Å². The maximum atomic E-state index is 12.3. The van der Waals surface area contributed by atoms with Gasteiger partial charge in [-0.1, -0.05) is 18.9 Å². The van der Waals surface area contributed by atoms with Crippen molar-refractivity contribution in [3.8, 4) is 0 Å². The molecular weight excluding hydrogens is 310 g/mol. The second-order valence-corrected chi connectivity index (χ2v) is 7.37. The summed E-state index contributed by atoms with van der Waals surface area (Å²) in [6.07, 6.45) is 5.01. The van der Waals surface area contributed by atoms with E-state index in [1.54, 1.807) is 11.3 Å². The predicted octanol–water partition coefficient (Wildman–Crippen LogP) is 2.61. The molecule has 1 aliphatic heterocycles. The Balaban J connectivity index is 1.45. The second kappa shape index (κ2) is 8.66. The summed E-state index contributed by atoms with van der Waals surface area (Å²) in [6.45, 7) is 5.10. The van der Waals surface area contributed by atoms with Gasteiger partial charge in [0, 0.05) is 31.1 Å². The van der Waals surface area contributed by atoms with Gasteiger partial charge in [0.15, 0.2) is 0 Å². The van der Waals surface area contributed by atoms with Gasteiger partial charge in [-0.3, -0.25) is 4.90 Å². The largest absolute Gasteiger partial charge is 0.379 e. The van der Waals surface area contributed by atoms with Crippen LogP contribution in [0.25, 0.3) is 0 Å². The van der Waals surface area contributed by atoms with E-state index in [-0.39, 0.29) is 12.1 Å². The lowest BCUT2D eigenvalue weighted by molar-refractivity contribution is 0.0387. The van der Waals surface area contributed by atoms with Crippen LogP contribution in [0.5, 0.6) is 0 Å². The lowest BCUT2D eigenvalue weighted by Gasteiger charge is -2.27. The summed E-state index contributed by atoms with van der Waals surface area (Å²) in [6, 6.07) is 4.34. The van der Waals surface area contributed by atoms with Crippen LogP contribution in [0.15, 0.2) is 17.5 Å². The van der Waals surface area contributed by atoms with Gasteiger partial charge < -0.3 is 15.4 Å². The van der Waals surface area contributed by atoms with Crippen molar-refractivity contribution in [2.75, 3.05) is 39.4 Å². The van der Waals surface area contributed by atoms with E-state index >= 15 is 0 Å². The van der Waals surface area contributed by atoms with E-state index in [4.69, 9.17) is 4.74 Å². The van der Waals surface area contributed by atoms with E-state index in [2.05, 4.69) is 33.0 Å². The maximum absolute atomic E-state index is 12.3. The standard InChI is InChI=1S/C17H27N3O2S/c21-17(18-7-8-20-9-11-22-12-10-20)19-16(14-4-1-2-5-14)15-6-3-13-23-15/h3,6,13-14,16H,1-2,4-5,7-12H2,(H2,18,19,21)/t16-/m0/s1. The number of urea groups is 1. The molecule has 2 amide bonds. The number of carbonyl (C=O) groups excluding carboxylic acids is 1. The average Bonchev–Trinajstić information content (AvgIpc) is 3.27. The lowest BCUT2D eigenvalue weighted by atomic mass is 9.97. The summed E-state index contributed by atoms with van der Waals surface area (Å²) in [5.74, 6) is 0.582. The summed E-state index contributed by atoms with van der Waals surface area (Å²) >= 11 is 1.74. The Labute approximate surface area is 142 Å². The van der Waals surface area contributed by atoms with Crippen LogP contribution < -0.4 is 10.6 Å². The normalized spacial score (nSPS) is 21.2. The van der Waals surface area contributed by atoms with E-state index in [0.29, 0.717) is 12.5 Å². The molecule has 0 spiro atoms. The molecule has 1 atom stereocenters. The molecule has 1 aliphatic carbocycles. The molecule has 1 aromatic heterocycles. The summed E-state index contributed by atoms with van der Waals surface area (Å²) < 4.78 is 5.34. The molecule has 1 saturated heterocycles. The highest BCUT2D eigenvalue weighted by atomic mass is 32.1. The number of nitrogens with one attached hydrogen (secondary N) is 2. The zero-order chi connectivity index (χ0) is 15.9. The van der Waals surface area contributed by atoms with Gasteiger partial charge in [-0.15, -0.1) is 11.3 Å². The van der Waals surface area contributed by atoms with Crippen molar-refractivity contribution in [1.29, 1.82) is 0 Å². The van der Waals surface area contributed by atoms with Gasteiger partial charge in [-0.2, -0.15) is 0 Å². The van der Waals surface area contributed by atoms with Gasteiger partial charge in [0.05, 0.1) is 19.3 Å². The molecule has 0 radical (unpaired) electrons. The minimum absolute atomic E-state index is 0.0384. The third kappa shape index (κ3) is 4.93. The Morgan fingerprint density at radius 3 is 2.83 bits per heavy atom. The van der Waals surface area contributed by atoms with Crippen molar-refractivity contribution in [1.82, 2.24) is 15.5 Å². The van der Waals surface area contributed by atoms with Crippen LogP contribution in [0, 0.1) is 5.92 Å². The number of amides is 2. The van der Waals surface area contributed by atoms with Gasteiger partial charge in [0.2, 0.25) is 0 Å². The minimum atomic E-state index is -0.0384. The highest BCUT2D eigenvalue weighted by Crippen LogP contribution is 2.37. The first-order valence-electron chi connectivity index (χ1n) is 8.71. The molecule has 1 saturated carbocycles. The molecule has 2 heterocycles.